The van der Waals surface area contributed by atoms with E-state index >= 15 is 0 Å². The normalized spacial score (nSPS) is 10.0. The Labute approximate surface area is 95.7 Å². The molecule has 0 saturated heterocycles. The van der Waals surface area contributed by atoms with E-state index in [-0.39, 0.29) is 5.69 Å². The summed E-state index contributed by atoms with van der Waals surface area (Å²) < 4.78 is 5.65. The van der Waals surface area contributed by atoms with Crippen molar-refractivity contribution >= 4 is 27.3 Å². The molecule has 0 aliphatic carbocycles. The topological polar surface area (TPSA) is 64.4 Å². The van der Waals surface area contributed by atoms with Crippen LogP contribution in [0.15, 0.2) is 22.7 Å². The summed E-state index contributed by atoms with van der Waals surface area (Å²) in [6, 6.07) is 4.77. The molecule has 6 heteroatoms. The largest absolute Gasteiger partial charge is 0.383 e. The first-order chi connectivity index (χ1) is 7.15. The SMILES string of the molecule is COCCNc1cc(Br)ccc1[N+](=O)[O-]. The van der Waals surface area contributed by atoms with Crippen LogP contribution < -0.4 is 5.32 Å². The van der Waals surface area contributed by atoms with Crippen LogP contribution in [0.2, 0.25) is 0 Å². The molecule has 0 spiro atoms. The zero-order chi connectivity index (χ0) is 11.3. The Hall–Kier alpha value is -1.14. The molecule has 0 heterocycles. The van der Waals surface area contributed by atoms with Gasteiger partial charge in [-0.15, -0.1) is 0 Å². The molecule has 0 atom stereocenters. The van der Waals surface area contributed by atoms with Gasteiger partial charge >= 0.3 is 0 Å². The predicted molar refractivity (Wildman–Crippen MR) is 61.2 cm³/mol. The number of methoxy groups -OCH3 is 1. The van der Waals surface area contributed by atoms with Crippen LogP contribution in [0.5, 0.6) is 0 Å². The lowest BCUT2D eigenvalue weighted by molar-refractivity contribution is -0.384. The molecule has 0 saturated carbocycles. The number of benzene rings is 1. The summed E-state index contributed by atoms with van der Waals surface area (Å²) in [4.78, 5) is 10.3. The molecule has 0 aromatic heterocycles. The lowest BCUT2D eigenvalue weighted by Crippen LogP contribution is -2.09. The van der Waals surface area contributed by atoms with Crippen molar-refractivity contribution in [1.29, 1.82) is 0 Å². The number of nitro groups is 1. The zero-order valence-corrected chi connectivity index (χ0v) is 9.78. The quantitative estimate of drug-likeness (QED) is 0.509. The average molecular weight is 275 g/mol. The minimum absolute atomic E-state index is 0.0642. The van der Waals surface area contributed by atoms with Crippen molar-refractivity contribution in [2.45, 2.75) is 0 Å². The fourth-order valence-electron chi connectivity index (χ4n) is 1.10. The molecule has 0 aliphatic rings. The van der Waals surface area contributed by atoms with Crippen LogP contribution in [-0.4, -0.2) is 25.2 Å². The van der Waals surface area contributed by atoms with Gasteiger partial charge in [-0.2, -0.15) is 0 Å². The summed E-state index contributed by atoms with van der Waals surface area (Å²) in [7, 11) is 1.58. The van der Waals surface area contributed by atoms with Gasteiger partial charge in [-0.25, -0.2) is 0 Å². The molecular weight excluding hydrogens is 264 g/mol. The number of anilines is 1. The van der Waals surface area contributed by atoms with Crippen molar-refractivity contribution in [3.05, 3.63) is 32.8 Å². The monoisotopic (exact) mass is 274 g/mol. The number of nitrogens with one attached hydrogen (secondary N) is 1. The summed E-state index contributed by atoms with van der Waals surface area (Å²) >= 11 is 3.26. The van der Waals surface area contributed by atoms with Crippen LogP contribution in [0, 0.1) is 10.1 Å². The maximum absolute atomic E-state index is 10.7. The molecule has 0 amide bonds. The molecule has 5 nitrogen and oxygen atoms in total. The molecule has 0 radical (unpaired) electrons. The maximum atomic E-state index is 10.7. The molecule has 1 N–H and O–H groups in total. The summed E-state index contributed by atoms with van der Waals surface area (Å²) in [5, 5.41) is 13.6. The minimum Gasteiger partial charge on any atom is -0.383 e. The van der Waals surface area contributed by atoms with Gasteiger partial charge in [0.2, 0.25) is 0 Å². The lowest BCUT2D eigenvalue weighted by atomic mass is 10.2. The van der Waals surface area contributed by atoms with Gasteiger partial charge in [0.05, 0.1) is 11.5 Å². The van der Waals surface area contributed by atoms with Crippen LogP contribution >= 0.6 is 15.9 Å². The van der Waals surface area contributed by atoms with Gasteiger partial charge < -0.3 is 10.1 Å². The number of rotatable bonds is 5. The van der Waals surface area contributed by atoms with Gasteiger partial charge in [-0.3, -0.25) is 10.1 Å². The van der Waals surface area contributed by atoms with Gasteiger partial charge in [0, 0.05) is 24.2 Å². The number of ether oxygens (including phenoxy) is 1. The molecule has 1 aromatic carbocycles. The Kier molecular flexibility index (Phi) is 4.51. The maximum Gasteiger partial charge on any atom is 0.292 e. The van der Waals surface area contributed by atoms with E-state index in [1.165, 1.54) is 6.07 Å². The van der Waals surface area contributed by atoms with Crippen LogP contribution in [0.25, 0.3) is 0 Å². The smallest absolute Gasteiger partial charge is 0.292 e. The van der Waals surface area contributed by atoms with Crippen LogP contribution in [0.1, 0.15) is 0 Å². The Morgan fingerprint density at radius 1 is 1.60 bits per heavy atom. The molecule has 0 unspecified atom stereocenters. The Bertz CT molecular complexity index is 357. The second-order valence-corrected chi connectivity index (χ2v) is 3.75. The number of nitrogens with zero attached hydrogens (tertiary/aromatic N) is 1. The van der Waals surface area contributed by atoms with E-state index < -0.39 is 4.92 Å². The third-order valence-electron chi connectivity index (χ3n) is 1.78. The Morgan fingerprint density at radius 3 is 2.93 bits per heavy atom. The highest BCUT2D eigenvalue weighted by Gasteiger charge is 2.12. The van der Waals surface area contributed by atoms with E-state index in [4.69, 9.17) is 4.74 Å². The van der Waals surface area contributed by atoms with E-state index in [1.807, 2.05) is 0 Å². The standard InChI is InChI=1S/C9H11BrN2O3/c1-15-5-4-11-8-6-7(10)2-3-9(8)12(13)14/h2-3,6,11H,4-5H2,1H3. The molecule has 1 aromatic rings. The third kappa shape index (κ3) is 3.49. The van der Waals surface area contributed by atoms with E-state index in [0.717, 1.165) is 4.47 Å². The number of hydrogen-bond donors (Lipinski definition) is 1. The van der Waals surface area contributed by atoms with E-state index in [2.05, 4.69) is 21.2 Å². The molecular formula is C9H11BrN2O3. The van der Waals surface area contributed by atoms with Gasteiger partial charge in [-0.1, -0.05) is 15.9 Å². The molecule has 15 heavy (non-hydrogen) atoms. The van der Waals surface area contributed by atoms with Crippen LogP contribution in [0.4, 0.5) is 11.4 Å². The van der Waals surface area contributed by atoms with Crippen molar-refractivity contribution < 1.29 is 9.66 Å². The summed E-state index contributed by atoms with van der Waals surface area (Å²) in [5.74, 6) is 0. The van der Waals surface area contributed by atoms with Gasteiger partial charge in [-0.05, 0) is 12.1 Å². The van der Waals surface area contributed by atoms with Crippen molar-refractivity contribution in [3.63, 3.8) is 0 Å². The predicted octanol–water partition coefficient (Wildman–Crippen LogP) is 2.42. The molecule has 0 aliphatic heterocycles. The van der Waals surface area contributed by atoms with Crippen LogP contribution in [-0.2, 0) is 4.74 Å². The highest BCUT2D eigenvalue weighted by molar-refractivity contribution is 9.10. The average Bonchev–Trinajstić information content (AvgIpc) is 2.18. The molecule has 0 bridgehead atoms. The first kappa shape index (κ1) is 11.9. The molecule has 82 valence electrons. The van der Waals surface area contributed by atoms with E-state index in [9.17, 15) is 10.1 Å². The second kappa shape index (κ2) is 5.67. The minimum atomic E-state index is -0.415. The zero-order valence-electron chi connectivity index (χ0n) is 8.20. The summed E-state index contributed by atoms with van der Waals surface area (Å²) in [5.41, 5.74) is 0.556. The second-order valence-electron chi connectivity index (χ2n) is 2.84. The van der Waals surface area contributed by atoms with Crippen molar-refractivity contribution in [3.8, 4) is 0 Å². The molecule has 0 fully saturated rings. The summed E-state index contributed by atoms with van der Waals surface area (Å²) in [6.45, 7) is 1.04. The number of hydrogen-bond acceptors (Lipinski definition) is 4. The number of nitro benzene ring substituents is 1. The van der Waals surface area contributed by atoms with Gasteiger partial charge in [0.25, 0.3) is 5.69 Å². The molecule has 1 rings (SSSR count). The van der Waals surface area contributed by atoms with Crippen molar-refractivity contribution in [2.75, 3.05) is 25.6 Å². The highest BCUT2D eigenvalue weighted by Crippen LogP contribution is 2.27. The first-order valence-electron chi connectivity index (χ1n) is 4.32. The van der Waals surface area contributed by atoms with Gasteiger partial charge in [0.15, 0.2) is 0 Å². The Balaban J connectivity index is 2.82. The summed E-state index contributed by atoms with van der Waals surface area (Å²) in [6.07, 6.45) is 0. The lowest BCUT2D eigenvalue weighted by Gasteiger charge is -2.06. The fourth-order valence-corrected chi connectivity index (χ4v) is 1.46. The van der Waals surface area contributed by atoms with Crippen molar-refractivity contribution in [2.24, 2.45) is 0 Å². The Morgan fingerprint density at radius 2 is 2.33 bits per heavy atom. The third-order valence-corrected chi connectivity index (χ3v) is 2.27. The van der Waals surface area contributed by atoms with Crippen molar-refractivity contribution in [1.82, 2.24) is 0 Å². The fraction of sp³-hybridized carbons (Fsp3) is 0.333. The highest BCUT2D eigenvalue weighted by atomic mass is 79.9. The van der Waals surface area contributed by atoms with E-state index in [0.29, 0.717) is 18.8 Å². The number of halogens is 1. The first-order valence-corrected chi connectivity index (χ1v) is 5.11. The van der Waals surface area contributed by atoms with Gasteiger partial charge in [0.1, 0.15) is 5.69 Å². The van der Waals surface area contributed by atoms with E-state index in [1.54, 1.807) is 19.2 Å². The van der Waals surface area contributed by atoms with Crippen LogP contribution in [0.3, 0.4) is 0 Å².